The van der Waals surface area contributed by atoms with Crippen molar-refractivity contribution in [3.8, 4) is 0 Å². The second-order valence-electron chi connectivity index (χ2n) is 5.14. The van der Waals surface area contributed by atoms with Crippen LogP contribution >= 0.6 is 0 Å². The van der Waals surface area contributed by atoms with E-state index in [1.807, 2.05) is 26.2 Å². The Morgan fingerprint density at radius 1 is 1.32 bits per heavy atom. The van der Waals surface area contributed by atoms with Crippen LogP contribution in [0, 0.1) is 13.8 Å². The minimum absolute atomic E-state index is 0.0290. The van der Waals surface area contributed by atoms with Crippen molar-refractivity contribution in [1.82, 2.24) is 10.2 Å². The molecule has 0 aliphatic rings. The maximum Gasteiger partial charge on any atom is 0.243 e. The molecule has 0 unspecified atom stereocenters. The first kappa shape index (κ1) is 15.4. The molecule has 0 atom stereocenters. The van der Waals surface area contributed by atoms with Crippen molar-refractivity contribution < 1.29 is 4.79 Å². The Balaban J connectivity index is 2.41. The maximum atomic E-state index is 11.6. The van der Waals surface area contributed by atoms with Gasteiger partial charge in [-0.15, -0.1) is 0 Å². The van der Waals surface area contributed by atoms with E-state index in [9.17, 15) is 4.79 Å². The lowest BCUT2D eigenvalue weighted by molar-refractivity contribution is -0.116. The molecule has 0 heterocycles. The van der Waals surface area contributed by atoms with Gasteiger partial charge in [-0.25, -0.2) is 0 Å². The second kappa shape index (κ2) is 7.74. The number of rotatable bonds is 6. The van der Waals surface area contributed by atoms with Crippen LogP contribution in [0.1, 0.15) is 23.1 Å². The third-order valence-corrected chi connectivity index (χ3v) is 2.92. The number of hydrogen-bond acceptors (Lipinski definition) is 2. The summed E-state index contributed by atoms with van der Waals surface area (Å²) in [5.74, 6) is -0.0290. The Labute approximate surface area is 116 Å². The van der Waals surface area contributed by atoms with Crippen molar-refractivity contribution in [3.05, 3.63) is 41.0 Å². The standard InChI is InChI=1S/C16H24N2O/c1-13-6-7-15(14(2)12-13)8-9-16(19)17-10-5-11-18(3)4/h6-9,12H,5,10-11H2,1-4H3,(H,17,19)/b9-8+. The van der Waals surface area contributed by atoms with E-state index >= 15 is 0 Å². The first-order chi connectivity index (χ1) is 8.99. The van der Waals surface area contributed by atoms with Crippen molar-refractivity contribution in [1.29, 1.82) is 0 Å². The van der Waals surface area contributed by atoms with E-state index in [1.165, 1.54) is 11.1 Å². The van der Waals surface area contributed by atoms with Crippen LogP contribution in [0.5, 0.6) is 0 Å². The Bertz CT molecular complexity index is 450. The van der Waals surface area contributed by atoms with E-state index in [0.717, 1.165) is 18.5 Å². The van der Waals surface area contributed by atoms with Gasteiger partial charge in [0.25, 0.3) is 0 Å². The highest BCUT2D eigenvalue weighted by Crippen LogP contribution is 2.11. The third-order valence-electron chi connectivity index (χ3n) is 2.92. The summed E-state index contributed by atoms with van der Waals surface area (Å²) < 4.78 is 0. The molecule has 0 aliphatic heterocycles. The van der Waals surface area contributed by atoms with Crippen LogP contribution in [-0.2, 0) is 4.79 Å². The molecule has 104 valence electrons. The van der Waals surface area contributed by atoms with E-state index in [4.69, 9.17) is 0 Å². The number of amides is 1. The van der Waals surface area contributed by atoms with Gasteiger partial charge < -0.3 is 10.2 Å². The van der Waals surface area contributed by atoms with E-state index in [-0.39, 0.29) is 5.91 Å². The van der Waals surface area contributed by atoms with E-state index in [2.05, 4.69) is 36.2 Å². The van der Waals surface area contributed by atoms with Crippen LogP contribution in [0.25, 0.3) is 6.08 Å². The van der Waals surface area contributed by atoms with Gasteiger partial charge in [0.05, 0.1) is 0 Å². The zero-order valence-electron chi connectivity index (χ0n) is 12.4. The molecule has 3 heteroatoms. The van der Waals surface area contributed by atoms with Crippen molar-refractivity contribution in [2.24, 2.45) is 0 Å². The van der Waals surface area contributed by atoms with E-state index in [1.54, 1.807) is 6.08 Å². The lowest BCUT2D eigenvalue weighted by Gasteiger charge is -2.08. The molecule has 0 saturated heterocycles. The lowest BCUT2D eigenvalue weighted by Crippen LogP contribution is -2.25. The first-order valence-corrected chi connectivity index (χ1v) is 6.67. The molecule has 0 saturated carbocycles. The summed E-state index contributed by atoms with van der Waals surface area (Å²) in [6.07, 6.45) is 4.44. The number of carbonyl (C=O) groups excluding carboxylic acids is 1. The van der Waals surface area contributed by atoms with Crippen LogP contribution in [-0.4, -0.2) is 38.0 Å². The fourth-order valence-electron chi connectivity index (χ4n) is 1.84. The number of hydrogen-bond donors (Lipinski definition) is 1. The number of nitrogens with one attached hydrogen (secondary N) is 1. The van der Waals surface area contributed by atoms with Gasteiger partial charge in [-0.1, -0.05) is 23.8 Å². The SMILES string of the molecule is Cc1ccc(/C=C/C(=O)NCCCN(C)C)c(C)c1. The molecule has 0 spiro atoms. The largest absolute Gasteiger partial charge is 0.353 e. The van der Waals surface area contributed by atoms with E-state index in [0.29, 0.717) is 6.54 Å². The van der Waals surface area contributed by atoms with Gasteiger partial charge in [0.1, 0.15) is 0 Å². The molecular formula is C16H24N2O. The molecular weight excluding hydrogens is 236 g/mol. The average molecular weight is 260 g/mol. The number of carbonyl (C=O) groups is 1. The highest BCUT2D eigenvalue weighted by Gasteiger charge is 1.98. The molecule has 1 amide bonds. The third kappa shape index (κ3) is 6.20. The highest BCUT2D eigenvalue weighted by molar-refractivity contribution is 5.91. The maximum absolute atomic E-state index is 11.6. The van der Waals surface area contributed by atoms with Crippen molar-refractivity contribution in [2.45, 2.75) is 20.3 Å². The van der Waals surface area contributed by atoms with E-state index < -0.39 is 0 Å². The monoisotopic (exact) mass is 260 g/mol. The Morgan fingerprint density at radius 2 is 2.05 bits per heavy atom. The highest BCUT2D eigenvalue weighted by atomic mass is 16.1. The lowest BCUT2D eigenvalue weighted by atomic mass is 10.1. The molecule has 1 N–H and O–H groups in total. The molecule has 0 fully saturated rings. The van der Waals surface area contributed by atoms with Crippen LogP contribution in [0.15, 0.2) is 24.3 Å². The summed E-state index contributed by atoms with van der Waals surface area (Å²) in [5, 5.41) is 2.89. The Kier molecular flexibility index (Phi) is 6.30. The van der Waals surface area contributed by atoms with Gasteiger partial charge in [0.15, 0.2) is 0 Å². The van der Waals surface area contributed by atoms with Gasteiger partial charge >= 0.3 is 0 Å². The zero-order chi connectivity index (χ0) is 14.3. The van der Waals surface area contributed by atoms with Gasteiger partial charge in [-0.2, -0.15) is 0 Å². The van der Waals surface area contributed by atoms with Gasteiger partial charge in [-0.3, -0.25) is 4.79 Å². The summed E-state index contributed by atoms with van der Waals surface area (Å²) in [6, 6.07) is 6.22. The fraction of sp³-hybridized carbons (Fsp3) is 0.438. The van der Waals surface area contributed by atoms with Crippen LogP contribution < -0.4 is 5.32 Å². The second-order valence-corrected chi connectivity index (χ2v) is 5.14. The van der Waals surface area contributed by atoms with Gasteiger partial charge in [0.2, 0.25) is 5.91 Å². The first-order valence-electron chi connectivity index (χ1n) is 6.67. The molecule has 0 radical (unpaired) electrons. The van der Waals surface area contributed by atoms with Gasteiger partial charge in [0, 0.05) is 12.6 Å². The quantitative estimate of drug-likeness (QED) is 0.629. The predicted molar refractivity (Wildman–Crippen MR) is 81.1 cm³/mol. The normalized spacial score (nSPS) is 11.2. The molecule has 0 aromatic heterocycles. The summed E-state index contributed by atoms with van der Waals surface area (Å²) in [5.41, 5.74) is 3.52. The minimum atomic E-state index is -0.0290. The zero-order valence-corrected chi connectivity index (χ0v) is 12.4. The predicted octanol–water partition coefficient (Wildman–Crippen LogP) is 2.38. The van der Waals surface area contributed by atoms with Crippen LogP contribution in [0.2, 0.25) is 0 Å². The number of aryl methyl sites for hydroxylation is 2. The average Bonchev–Trinajstić information content (AvgIpc) is 2.33. The van der Waals surface area contributed by atoms with Crippen molar-refractivity contribution >= 4 is 12.0 Å². The molecule has 1 aromatic rings. The van der Waals surface area contributed by atoms with Gasteiger partial charge in [-0.05, 0) is 58.1 Å². The van der Waals surface area contributed by atoms with Crippen LogP contribution in [0.4, 0.5) is 0 Å². The number of benzene rings is 1. The summed E-state index contributed by atoms with van der Waals surface area (Å²) in [6.45, 7) is 5.83. The van der Waals surface area contributed by atoms with Crippen molar-refractivity contribution in [2.75, 3.05) is 27.2 Å². The molecule has 1 rings (SSSR count). The number of nitrogens with zero attached hydrogens (tertiary/aromatic N) is 1. The van der Waals surface area contributed by atoms with Crippen molar-refractivity contribution in [3.63, 3.8) is 0 Å². The molecule has 19 heavy (non-hydrogen) atoms. The molecule has 0 aliphatic carbocycles. The van der Waals surface area contributed by atoms with Crippen LogP contribution in [0.3, 0.4) is 0 Å². The topological polar surface area (TPSA) is 32.3 Å². The smallest absolute Gasteiger partial charge is 0.243 e. The summed E-state index contributed by atoms with van der Waals surface area (Å²) in [7, 11) is 4.06. The Hall–Kier alpha value is -1.61. The fourth-order valence-corrected chi connectivity index (χ4v) is 1.84. The summed E-state index contributed by atoms with van der Waals surface area (Å²) in [4.78, 5) is 13.7. The Morgan fingerprint density at radius 3 is 2.68 bits per heavy atom. The minimum Gasteiger partial charge on any atom is -0.353 e. The molecule has 0 bridgehead atoms. The molecule has 1 aromatic carbocycles. The molecule has 3 nitrogen and oxygen atoms in total. The summed E-state index contributed by atoms with van der Waals surface area (Å²) >= 11 is 0.